The van der Waals surface area contributed by atoms with Gasteiger partial charge in [-0.25, -0.2) is 9.34 Å². The second-order valence-electron chi connectivity index (χ2n) is 12.8. The van der Waals surface area contributed by atoms with Crippen LogP contribution in [0, 0.1) is 20.2 Å². The summed E-state index contributed by atoms with van der Waals surface area (Å²) in [5.74, 6) is 0.471. The SMILES string of the molecule is CN(C)C(=O)c1ccc(Oc2cc(CO)ccc2[N+](=O)[O-])cc1.CN(C)C(=O)c1ccc(Oc2cc(COP3(=O)N(C)CCCN3C)ccc2[N+](=O)[O-])cc1. The number of amides is 2. The van der Waals surface area contributed by atoms with Gasteiger partial charge in [0, 0.05) is 64.5 Å². The van der Waals surface area contributed by atoms with Crippen LogP contribution >= 0.6 is 7.67 Å². The molecule has 18 heteroatoms. The predicted octanol–water partition coefficient (Wildman–Crippen LogP) is 6.56. The molecule has 5 rings (SSSR count). The fourth-order valence-corrected chi connectivity index (χ4v) is 7.29. The number of aliphatic hydroxyl groups excluding tert-OH is 1. The van der Waals surface area contributed by atoms with E-state index < -0.39 is 17.5 Å². The van der Waals surface area contributed by atoms with Gasteiger partial charge in [0.2, 0.25) is 11.5 Å². The lowest BCUT2D eigenvalue weighted by Gasteiger charge is -2.38. The summed E-state index contributed by atoms with van der Waals surface area (Å²) in [6.07, 6.45) is 0.898. The molecule has 0 bridgehead atoms. The van der Waals surface area contributed by atoms with Crippen molar-refractivity contribution in [2.75, 3.05) is 55.4 Å². The molecule has 4 aromatic carbocycles. The molecule has 0 atom stereocenters. The Labute approximate surface area is 318 Å². The molecule has 0 spiro atoms. The number of carbonyl (C=O) groups excluding carboxylic acids is 2. The molecule has 2 amide bonds. The third-order valence-electron chi connectivity index (χ3n) is 8.32. The summed E-state index contributed by atoms with van der Waals surface area (Å²) >= 11 is 0. The molecule has 4 aromatic rings. The van der Waals surface area contributed by atoms with E-state index in [0.717, 1.165) is 6.42 Å². The lowest BCUT2D eigenvalue weighted by molar-refractivity contribution is -0.385. The first-order chi connectivity index (χ1) is 26.0. The van der Waals surface area contributed by atoms with Crippen molar-refractivity contribution in [3.05, 3.63) is 127 Å². The van der Waals surface area contributed by atoms with Gasteiger partial charge >= 0.3 is 19.0 Å². The summed E-state index contributed by atoms with van der Waals surface area (Å²) in [6.45, 7) is 1.10. The van der Waals surface area contributed by atoms with Gasteiger partial charge in [-0.3, -0.25) is 34.4 Å². The maximum atomic E-state index is 13.2. The molecule has 1 aliphatic rings. The Morgan fingerprint density at radius 2 is 1.11 bits per heavy atom. The first-order valence-corrected chi connectivity index (χ1v) is 18.4. The van der Waals surface area contributed by atoms with E-state index in [9.17, 15) is 34.4 Å². The lowest BCUT2D eigenvalue weighted by atomic mass is 10.2. The van der Waals surface area contributed by atoms with E-state index in [2.05, 4.69) is 0 Å². The second-order valence-corrected chi connectivity index (χ2v) is 15.4. The van der Waals surface area contributed by atoms with E-state index in [1.807, 2.05) is 0 Å². The van der Waals surface area contributed by atoms with Gasteiger partial charge in [0.25, 0.3) is 11.8 Å². The smallest absolute Gasteiger partial charge is 0.345 e. The van der Waals surface area contributed by atoms with Crippen LogP contribution in [-0.4, -0.2) is 101 Å². The van der Waals surface area contributed by atoms with Gasteiger partial charge in [0.05, 0.1) is 23.1 Å². The standard InChI is InChI=1S/C21H27N4O6P.C16H16N2O5/c1-22(2)21(26)17-7-9-18(10-8-17)31-20-14-16(6-11-19(20)25(27)28)15-30-32(29)23(3)12-5-13-24(32)4;1-17(2)16(20)12-4-6-13(7-5-12)23-15-9-11(10-19)3-8-14(15)18(21)22/h6-11,14H,5,12-13,15H2,1-4H3;3-9,19H,10H2,1-2H3. The van der Waals surface area contributed by atoms with Crippen molar-refractivity contribution in [3.63, 3.8) is 0 Å². The van der Waals surface area contributed by atoms with Gasteiger partial charge in [-0.05, 0) is 104 Å². The fraction of sp³-hybridized carbons (Fsp3) is 0.297. The van der Waals surface area contributed by atoms with E-state index in [0.29, 0.717) is 46.8 Å². The van der Waals surface area contributed by atoms with Crippen LogP contribution in [0.15, 0.2) is 84.9 Å². The Hall–Kier alpha value is -5.71. The molecule has 1 heterocycles. The minimum Gasteiger partial charge on any atom is -0.450 e. The first kappa shape index (κ1) is 42.0. The largest absolute Gasteiger partial charge is 0.450 e. The molecule has 1 N–H and O–H groups in total. The third kappa shape index (κ3) is 10.7. The number of ether oxygens (including phenoxy) is 2. The Morgan fingerprint density at radius 3 is 1.49 bits per heavy atom. The molecule has 292 valence electrons. The van der Waals surface area contributed by atoms with E-state index in [4.69, 9.17) is 19.1 Å². The molecule has 0 radical (unpaired) electrons. The van der Waals surface area contributed by atoms with Gasteiger partial charge in [-0.15, -0.1) is 0 Å². The monoisotopic (exact) mass is 778 g/mol. The highest BCUT2D eigenvalue weighted by atomic mass is 31.2. The summed E-state index contributed by atoms with van der Waals surface area (Å²) in [6, 6.07) is 21.2. The molecule has 1 fully saturated rings. The molecule has 17 nitrogen and oxygen atoms in total. The lowest BCUT2D eigenvalue weighted by Crippen LogP contribution is -2.35. The number of aliphatic hydroxyl groups is 1. The summed E-state index contributed by atoms with van der Waals surface area (Å²) < 4.78 is 33.7. The molecule has 0 unspecified atom stereocenters. The van der Waals surface area contributed by atoms with Crippen LogP contribution in [0.25, 0.3) is 0 Å². The number of nitro benzene ring substituents is 2. The molecule has 1 saturated heterocycles. The number of nitrogens with zero attached hydrogens (tertiary/aromatic N) is 6. The van der Waals surface area contributed by atoms with Crippen LogP contribution in [0.1, 0.15) is 38.3 Å². The molecule has 55 heavy (non-hydrogen) atoms. The molecular formula is C37H43N6O11P. The van der Waals surface area contributed by atoms with Crippen molar-refractivity contribution in [2.45, 2.75) is 19.6 Å². The predicted molar refractivity (Wildman–Crippen MR) is 203 cm³/mol. The summed E-state index contributed by atoms with van der Waals surface area (Å²) in [5, 5.41) is 31.7. The highest BCUT2D eigenvalue weighted by Gasteiger charge is 2.37. The minimum absolute atomic E-state index is 0.0105. The van der Waals surface area contributed by atoms with Crippen molar-refractivity contribution in [2.24, 2.45) is 0 Å². The molecule has 0 saturated carbocycles. The van der Waals surface area contributed by atoms with Gasteiger partial charge < -0.3 is 28.9 Å². The Morgan fingerprint density at radius 1 is 0.709 bits per heavy atom. The molecule has 1 aliphatic heterocycles. The van der Waals surface area contributed by atoms with Crippen molar-refractivity contribution in [1.82, 2.24) is 19.1 Å². The van der Waals surface area contributed by atoms with E-state index in [1.165, 1.54) is 40.1 Å². The number of rotatable bonds is 12. The van der Waals surface area contributed by atoms with Crippen LogP contribution in [0.2, 0.25) is 0 Å². The van der Waals surface area contributed by atoms with Crippen LogP contribution in [0.4, 0.5) is 11.4 Å². The number of nitro groups is 2. The number of carbonyl (C=O) groups is 2. The zero-order valence-electron chi connectivity index (χ0n) is 31.3. The van der Waals surface area contributed by atoms with Crippen molar-refractivity contribution in [3.8, 4) is 23.0 Å². The minimum atomic E-state index is -3.14. The average molecular weight is 779 g/mol. The maximum absolute atomic E-state index is 13.2. The Balaban J connectivity index is 0.000000258. The Bertz CT molecular complexity index is 2050. The summed E-state index contributed by atoms with van der Waals surface area (Å²) in [5.41, 5.74) is 1.65. The first-order valence-electron chi connectivity index (χ1n) is 16.9. The average Bonchev–Trinajstić information content (AvgIpc) is 3.16. The number of hydrogen-bond acceptors (Lipinski definition) is 11. The zero-order chi connectivity index (χ0) is 40.4. The van der Waals surface area contributed by atoms with Gasteiger partial charge in [-0.1, -0.05) is 0 Å². The molecule has 0 aromatic heterocycles. The van der Waals surface area contributed by atoms with E-state index >= 15 is 0 Å². The third-order valence-corrected chi connectivity index (χ3v) is 10.9. The van der Waals surface area contributed by atoms with Crippen LogP contribution < -0.4 is 9.47 Å². The van der Waals surface area contributed by atoms with Crippen molar-refractivity contribution >= 4 is 30.9 Å². The maximum Gasteiger partial charge on any atom is 0.345 e. The highest BCUT2D eigenvalue weighted by molar-refractivity contribution is 7.53. The summed E-state index contributed by atoms with van der Waals surface area (Å²) in [4.78, 5) is 48.2. The quantitative estimate of drug-likeness (QED) is 0.0922. The van der Waals surface area contributed by atoms with E-state index in [-0.39, 0.29) is 47.9 Å². The highest BCUT2D eigenvalue weighted by Crippen LogP contribution is 2.55. The van der Waals surface area contributed by atoms with Crippen molar-refractivity contribution in [1.29, 1.82) is 0 Å². The normalized spacial score (nSPS) is 13.9. The van der Waals surface area contributed by atoms with Crippen LogP contribution in [-0.2, 0) is 22.3 Å². The van der Waals surface area contributed by atoms with Gasteiger partial charge in [0.1, 0.15) is 11.5 Å². The number of benzene rings is 4. The molecule has 0 aliphatic carbocycles. The van der Waals surface area contributed by atoms with E-state index in [1.54, 1.807) is 106 Å². The number of hydrogen-bond donors (Lipinski definition) is 1. The van der Waals surface area contributed by atoms with Gasteiger partial charge in [0.15, 0.2) is 0 Å². The molecular weight excluding hydrogens is 735 g/mol. The van der Waals surface area contributed by atoms with Gasteiger partial charge in [-0.2, -0.15) is 0 Å². The fourth-order valence-electron chi connectivity index (χ4n) is 5.27. The van der Waals surface area contributed by atoms with Crippen molar-refractivity contribution < 1.29 is 43.1 Å². The Kier molecular flexibility index (Phi) is 14.2. The summed E-state index contributed by atoms with van der Waals surface area (Å²) in [7, 11) is 6.98. The second kappa shape index (κ2) is 18.6. The zero-order valence-corrected chi connectivity index (χ0v) is 32.2. The van der Waals surface area contributed by atoms with Crippen LogP contribution in [0.5, 0.6) is 23.0 Å². The van der Waals surface area contributed by atoms with Crippen LogP contribution in [0.3, 0.4) is 0 Å². The topological polar surface area (TPSA) is 198 Å².